The second-order valence-electron chi connectivity index (χ2n) is 5.54. The third-order valence-electron chi connectivity index (χ3n) is 4.41. The molecule has 6 nitrogen and oxygen atoms in total. The van der Waals surface area contributed by atoms with E-state index in [9.17, 15) is 0 Å². The van der Waals surface area contributed by atoms with Crippen LogP contribution in [-0.2, 0) is 6.42 Å². The van der Waals surface area contributed by atoms with Crippen molar-refractivity contribution >= 4 is 11.6 Å². The Morgan fingerprint density at radius 1 is 1.29 bits per heavy atom. The molecule has 1 aromatic rings. The Morgan fingerprint density at radius 2 is 2.00 bits per heavy atom. The monoisotopic (exact) mass is 292 g/mol. The summed E-state index contributed by atoms with van der Waals surface area (Å²) < 4.78 is 0. The van der Waals surface area contributed by atoms with E-state index in [1.165, 1.54) is 6.42 Å². The highest BCUT2D eigenvalue weighted by molar-refractivity contribution is 5.58. The Morgan fingerprint density at radius 3 is 2.57 bits per heavy atom. The average Bonchev–Trinajstić information content (AvgIpc) is 2.98. The summed E-state index contributed by atoms with van der Waals surface area (Å²) in [5.41, 5.74) is 3.74. The molecule has 1 fully saturated rings. The molecular formula is C15H28N6. The summed E-state index contributed by atoms with van der Waals surface area (Å²) in [6.07, 6.45) is 2.01. The van der Waals surface area contributed by atoms with Crippen LogP contribution in [0.2, 0.25) is 0 Å². The largest absolute Gasteiger partial charge is 0.355 e. The van der Waals surface area contributed by atoms with Crippen molar-refractivity contribution in [3.8, 4) is 0 Å². The minimum atomic E-state index is 0.619. The predicted octanol–water partition coefficient (Wildman–Crippen LogP) is 1.55. The van der Waals surface area contributed by atoms with Crippen LogP contribution in [0.5, 0.6) is 0 Å². The van der Waals surface area contributed by atoms with Crippen LogP contribution in [0.15, 0.2) is 0 Å². The molecule has 0 amide bonds. The van der Waals surface area contributed by atoms with E-state index in [2.05, 4.69) is 41.0 Å². The summed E-state index contributed by atoms with van der Waals surface area (Å²) in [6, 6.07) is 0.619. The zero-order chi connectivity index (χ0) is 15.4. The lowest BCUT2D eigenvalue weighted by molar-refractivity contribution is 0.232. The van der Waals surface area contributed by atoms with Gasteiger partial charge in [-0.25, -0.2) is 15.8 Å². The Hall–Kier alpha value is -1.40. The first-order chi connectivity index (χ1) is 10.1. The first-order valence-corrected chi connectivity index (χ1v) is 7.97. The second-order valence-corrected chi connectivity index (χ2v) is 5.54. The Kier molecular flexibility index (Phi) is 5.36. The number of hydrogen-bond acceptors (Lipinski definition) is 6. The summed E-state index contributed by atoms with van der Waals surface area (Å²) in [7, 11) is 0. The summed E-state index contributed by atoms with van der Waals surface area (Å²) in [6.45, 7) is 12.9. The van der Waals surface area contributed by atoms with E-state index in [4.69, 9.17) is 10.8 Å². The van der Waals surface area contributed by atoms with E-state index in [0.717, 1.165) is 55.6 Å². The van der Waals surface area contributed by atoms with E-state index in [0.29, 0.717) is 6.04 Å². The van der Waals surface area contributed by atoms with Gasteiger partial charge in [0, 0.05) is 31.1 Å². The molecule has 1 aliphatic rings. The topological polar surface area (TPSA) is 70.3 Å². The molecule has 6 heteroatoms. The van der Waals surface area contributed by atoms with Crippen molar-refractivity contribution in [2.75, 3.05) is 36.5 Å². The zero-order valence-corrected chi connectivity index (χ0v) is 13.7. The van der Waals surface area contributed by atoms with Gasteiger partial charge < -0.3 is 10.3 Å². The fourth-order valence-electron chi connectivity index (χ4n) is 3.13. The average molecular weight is 292 g/mol. The van der Waals surface area contributed by atoms with Crippen LogP contribution < -0.4 is 16.2 Å². The highest BCUT2D eigenvalue weighted by atomic mass is 15.3. The van der Waals surface area contributed by atoms with Crippen molar-refractivity contribution in [2.24, 2.45) is 5.84 Å². The Balaban J connectivity index is 2.23. The van der Waals surface area contributed by atoms with Crippen LogP contribution in [0.4, 0.5) is 11.6 Å². The lowest BCUT2D eigenvalue weighted by Gasteiger charge is -2.27. The van der Waals surface area contributed by atoms with Gasteiger partial charge in [-0.3, -0.25) is 4.90 Å². The van der Waals surface area contributed by atoms with Crippen molar-refractivity contribution in [3.05, 3.63) is 11.4 Å². The number of likely N-dealkylation sites (N-methyl/N-ethyl adjacent to an activating group) is 1. The number of nitrogens with two attached hydrogens (primary N) is 1. The third kappa shape index (κ3) is 3.27. The molecule has 1 aliphatic heterocycles. The first-order valence-electron chi connectivity index (χ1n) is 7.97. The Labute approximate surface area is 127 Å². The lowest BCUT2D eigenvalue weighted by atomic mass is 10.2. The van der Waals surface area contributed by atoms with Crippen molar-refractivity contribution in [3.63, 3.8) is 0 Å². The fraction of sp³-hybridized carbons (Fsp3) is 0.733. The SMILES string of the molecule is CCc1nc(NN)c(C)c(N2CCC(N(CC)CC)C2)n1. The molecule has 1 unspecified atom stereocenters. The number of anilines is 2. The summed E-state index contributed by atoms with van der Waals surface area (Å²) in [5, 5.41) is 0. The van der Waals surface area contributed by atoms with Gasteiger partial charge >= 0.3 is 0 Å². The van der Waals surface area contributed by atoms with E-state index in [1.54, 1.807) is 0 Å². The van der Waals surface area contributed by atoms with Gasteiger partial charge in [-0.15, -0.1) is 0 Å². The van der Waals surface area contributed by atoms with Crippen LogP contribution in [-0.4, -0.2) is 47.1 Å². The van der Waals surface area contributed by atoms with Crippen LogP contribution in [0, 0.1) is 6.92 Å². The van der Waals surface area contributed by atoms with Crippen LogP contribution in [0.25, 0.3) is 0 Å². The second kappa shape index (κ2) is 7.04. The molecule has 3 N–H and O–H groups in total. The molecule has 2 heterocycles. The minimum Gasteiger partial charge on any atom is -0.355 e. The minimum absolute atomic E-state index is 0.619. The first kappa shape index (κ1) is 16.0. The molecule has 0 aliphatic carbocycles. The van der Waals surface area contributed by atoms with Gasteiger partial charge in [-0.1, -0.05) is 20.8 Å². The molecule has 0 saturated carbocycles. The maximum absolute atomic E-state index is 5.59. The molecule has 1 aromatic heterocycles. The maximum atomic E-state index is 5.59. The number of rotatable bonds is 6. The van der Waals surface area contributed by atoms with Gasteiger partial charge in [0.2, 0.25) is 0 Å². The van der Waals surface area contributed by atoms with E-state index in [-0.39, 0.29) is 0 Å². The van der Waals surface area contributed by atoms with E-state index >= 15 is 0 Å². The van der Waals surface area contributed by atoms with Crippen molar-refractivity contribution in [2.45, 2.75) is 46.6 Å². The molecule has 1 saturated heterocycles. The highest BCUT2D eigenvalue weighted by Crippen LogP contribution is 2.27. The smallest absolute Gasteiger partial charge is 0.148 e. The molecular weight excluding hydrogens is 264 g/mol. The third-order valence-corrected chi connectivity index (χ3v) is 4.41. The number of nitrogen functional groups attached to an aromatic ring is 1. The molecule has 0 radical (unpaired) electrons. The van der Waals surface area contributed by atoms with Crippen molar-refractivity contribution in [1.29, 1.82) is 0 Å². The lowest BCUT2D eigenvalue weighted by Crippen LogP contribution is -2.37. The molecule has 2 rings (SSSR count). The Bertz CT molecular complexity index is 471. The van der Waals surface area contributed by atoms with Gasteiger partial charge in [-0.05, 0) is 26.4 Å². The molecule has 0 aromatic carbocycles. The summed E-state index contributed by atoms with van der Waals surface area (Å²) >= 11 is 0. The number of hydrazine groups is 1. The van der Waals surface area contributed by atoms with Gasteiger partial charge in [0.15, 0.2) is 0 Å². The summed E-state index contributed by atoms with van der Waals surface area (Å²) in [4.78, 5) is 14.1. The molecule has 118 valence electrons. The van der Waals surface area contributed by atoms with Crippen LogP contribution in [0.3, 0.4) is 0 Å². The predicted molar refractivity (Wildman–Crippen MR) is 87.5 cm³/mol. The van der Waals surface area contributed by atoms with Crippen molar-refractivity contribution < 1.29 is 0 Å². The number of aryl methyl sites for hydroxylation is 1. The quantitative estimate of drug-likeness (QED) is 0.612. The molecule has 0 bridgehead atoms. The maximum Gasteiger partial charge on any atom is 0.148 e. The molecule has 0 spiro atoms. The zero-order valence-electron chi connectivity index (χ0n) is 13.7. The van der Waals surface area contributed by atoms with Crippen molar-refractivity contribution in [1.82, 2.24) is 14.9 Å². The van der Waals surface area contributed by atoms with Gasteiger partial charge in [0.25, 0.3) is 0 Å². The number of nitrogens with one attached hydrogen (secondary N) is 1. The number of aromatic nitrogens is 2. The normalized spacial score (nSPS) is 18.6. The number of hydrogen-bond donors (Lipinski definition) is 2. The molecule has 21 heavy (non-hydrogen) atoms. The summed E-state index contributed by atoms with van der Waals surface area (Å²) in [5.74, 6) is 8.21. The van der Waals surface area contributed by atoms with Crippen LogP contribution >= 0.6 is 0 Å². The van der Waals surface area contributed by atoms with E-state index in [1.807, 2.05) is 6.92 Å². The highest BCUT2D eigenvalue weighted by Gasteiger charge is 2.28. The van der Waals surface area contributed by atoms with Gasteiger partial charge in [0.1, 0.15) is 17.5 Å². The van der Waals surface area contributed by atoms with Gasteiger partial charge in [-0.2, -0.15) is 0 Å². The fourth-order valence-corrected chi connectivity index (χ4v) is 3.13. The van der Waals surface area contributed by atoms with Gasteiger partial charge in [0.05, 0.1) is 0 Å². The number of nitrogens with zero attached hydrogens (tertiary/aromatic N) is 4. The standard InChI is InChI=1S/C15H28N6/c1-5-13-17-14(19-16)11(4)15(18-13)21-9-8-12(10-21)20(6-2)7-3/h12H,5-10,16H2,1-4H3,(H,17,18,19). The molecule has 1 atom stereocenters. The van der Waals surface area contributed by atoms with E-state index < -0.39 is 0 Å². The van der Waals surface area contributed by atoms with Crippen LogP contribution in [0.1, 0.15) is 38.6 Å².